The fourth-order valence-electron chi connectivity index (χ4n) is 2.34. The molecule has 1 aliphatic rings. The Kier molecular flexibility index (Phi) is 8.29. The molecule has 0 unspecified atom stereocenters. The summed E-state index contributed by atoms with van der Waals surface area (Å²) < 4.78 is 0. The third kappa shape index (κ3) is 5.06. The van der Waals surface area contributed by atoms with E-state index in [-0.39, 0.29) is 30.7 Å². The van der Waals surface area contributed by atoms with Crippen LogP contribution in [0.15, 0.2) is 29.6 Å². The number of hydrogen-bond acceptors (Lipinski definition) is 4. The fraction of sp³-hybridized carbons (Fsp3) is 0.333. The largest absolute Gasteiger partial charge is 0.336 e. The van der Waals surface area contributed by atoms with Crippen LogP contribution in [0.2, 0.25) is 5.02 Å². The van der Waals surface area contributed by atoms with Gasteiger partial charge in [-0.3, -0.25) is 4.79 Å². The van der Waals surface area contributed by atoms with E-state index in [4.69, 9.17) is 11.6 Å². The molecule has 8 heteroatoms. The monoisotopic (exact) mass is 393 g/mol. The number of aromatic nitrogens is 1. The van der Waals surface area contributed by atoms with E-state index in [9.17, 15) is 4.79 Å². The first kappa shape index (κ1) is 20.2. The van der Waals surface area contributed by atoms with Crippen molar-refractivity contribution < 1.29 is 4.79 Å². The molecule has 0 bridgehead atoms. The standard InChI is InChI=1S/C15H16ClN3OS.2ClH/c16-12-4-1-3-11(9-12)14-18-13(10-21-14)15(20)19-7-2-5-17-6-8-19;;/h1,3-4,9-10,17H,2,5-8H2;2*1H. The minimum absolute atomic E-state index is 0. The third-order valence-electron chi connectivity index (χ3n) is 3.42. The number of benzene rings is 1. The van der Waals surface area contributed by atoms with E-state index in [2.05, 4.69) is 10.3 Å². The third-order valence-corrected chi connectivity index (χ3v) is 4.55. The van der Waals surface area contributed by atoms with Gasteiger partial charge >= 0.3 is 0 Å². The van der Waals surface area contributed by atoms with E-state index in [1.807, 2.05) is 34.5 Å². The van der Waals surface area contributed by atoms with E-state index in [1.165, 1.54) is 11.3 Å². The summed E-state index contributed by atoms with van der Waals surface area (Å²) in [7, 11) is 0. The van der Waals surface area contributed by atoms with Crippen LogP contribution in [-0.2, 0) is 0 Å². The van der Waals surface area contributed by atoms with Crippen molar-refractivity contribution in [2.75, 3.05) is 26.2 Å². The number of hydrogen-bond donors (Lipinski definition) is 1. The van der Waals surface area contributed by atoms with Crippen molar-refractivity contribution in [2.24, 2.45) is 0 Å². The number of nitrogens with one attached hydrogen (secondary N) is 1. The predicted octanol–water partition coefficient (Wildman–Crippen LogP) is 3.74. The Morgan fingerprint density at radius 2 is 2.09 bits per heavy atom. The van der Waals surface area contributed by atoms with Gasteiger partial charge in [0, 0.05) is 35.6 Å². The normalized spacial score (nSPS) is 14.4. The van der Waals surface area contributed by atoms with Gasteiger partial charge in [0.05, 0.1) is 0 Å². The van der Waals surface area contributed by atoms with Crippen molar-refractivity contribution in [1.82, 2.24) is 15.2 Å². The molecule has 4 nitrogen and oxygen atoms in total. The molecule has 0 spiro atoms. The van der Waals surface area contributed by atoms with Crippen LogP contribution in [0.3, 0.4) is 0 Å². The van der Waals surface area contributed by atoms with Crippen molar-refractivity contribution >= 4 is 53.7 Å². The van der Waals surface area contributed by atoms with Gasteiger partial charge in [0.15, 0.2) is 0 Å². The van der Waals surface area contributed by atoms with Crippen molar-refractivity contribution in [3.05, 3.63) is 40.4 Å². The molecule has 1 fully saturated rings. The molecule has 1 saturated heterocycles. The second-order valence-electron chi connectivity index (χ2n) is 4.94. The van der Waals surface area contributed by atoms with Crippen LogP contribution < -0.4 is 5.32 Å². The molecule has 2 heterocycles. The molecule has 3 rings (SSSR count). The Balaban J connectivity index is 0.00000132. The zero-order chi connectivity index (χ0) is 14.7. The molecule has 23 heavy (non-hydrogen) atoms. The van der Waals surface area contributed by atoms with E-state index >= 15 is 0 Å². The van der Waals surface area contributed by atoms with Gasteiger partial charge in [0.2, 0.25) is 0 Å². The highest BCUT2D eigenvalue weighted by Gasteiger charge is 2.20. The van der Waals surface area contributed by atoms with Gasteiger partial charge in [-0.1, -0.05) is 23.7 Å². The number of amides is 1. The number of carbonyl (C=O) groups is 1. The number of nitrogens with zero attached hydrogens (tertiary/aromatic N) is 2. The van der Waals surface area contributed by atoms with Gasteiger partial charge in [0.1, 0.15) is 10.7 Å². The Hall–Kier alpha value is -0.850. The van der Waals surface area contributed by atoms with Crippen molar-refractivity contribution in [2.45, 2.75) is 6.42 Å². The van der Waals surface area contributed by atoms with E-state index in [0.29, 0.717) is 10.7 Å². The molecule has 0 atom stereocenters. The first-order valence-electron chi connectivity index (χ1n) is 6.95. The first-order chi connectivity index (χ1) is 10.2. The summed E-state index contributed by atoms with van der Waals surface area (Å²) in [6, 6.07) is 7.54. The van der Waals surface area contributed by atoms with Gasteiger partial charge in [-0.05, 0) is 25.1 Å². The lowest BCUT2D eigenvalue weighted by atomic mass is 10.2. The second-order valence-corrected chi connectivity index (χ2v) is 6.24. The highest BCUT2D eigenvalue weighted by molar-refractivity contribution is 7.13. The fourth-order valence-corrected chi connectivity index (χ4v) is 3.32. The molecule has 1 aromatic carbocycles. The minimum atomic E-state index is 0. The Labute approximate surface area is 157 Å². The maximum Gasteiger partial charge on any atom is 0.273 e. The Bertz CT molecular complexity index is 642. The molecule has 126 valence electrons. The van der Waals surface area contributed by atoms with Gasteiger partial charge < -0.3 is 10.2 Å². The molecule has 0 saturated carbocycles. The quantitative estimate of drug-likeness (QED) is 0.844. The number of carbonyl (C=O) groups excluding carboxylic acids is 1. The lowest BCUT2D eigenvalue weighted by Crippen LogP contribution is -2.34. The smallest absolute Gasteiger partial charge is 0.273 e. The van der Waals surface area contributed by atoms with Crippen LogP contribution in [0.5, 0.6) is 0 Å². The summed E-state index contributed by atoms with van der Waals surface area (Å²) in [5.74, 6) is 0.0169. The van der Waals surface area contributed by atoms with Crippen LogP contribution in [-0.4, -0.2) is 42.0 Å². The highest BCUT2D eigenvalue weighted by Crippen LogP contribution is 2.26. The zero-order valence-corrected chi connectivity index (χ0v) is 15.5. The molecule has 2 aromatic rings. The lowest BCUT2D eigenvalue weighted by Gasteiger charge is -2.18. The van der Waals surface area contributed by atoms with Crippen LogP contribution in [0.1, 0.15) is 16.9 Å². The molecule has 1 N–H and O–H groups in total. The van der Waals surface area contributed by atoms with E-state index < -0.39 is 0 Å². The van der Waals surface area contributed by atoms with Crippen molar-refractivity contribution in [1.29, 1.82) is 0 Å². The van der Waals surface area contributed by atoms with Gasteiger partial charge in [-0.15, -0.1) is 36.2 Å². The molecule has 0 radical (unpaired) electrons. The number of rotatable bonds is 2. The Morgan fingerprint density at radius 1 is 1.26 bits per heavy atom. The van der Waals surface area contributed by atoms with Crippen LogP contribution in [0.4, 0.5) is 0 Å². The summed E-state index contributed by atoms with van der Waals surface area (Å²) in [6.07, 6.45) is 0.983. The summed E-state index contributed by atoms with van der Waals surface area (Å²) >= 11 is 7.47. The van der Waals surface area contributed by atoms with Crippen molar-refractivity contribution in [3.63, 3.8) is 0 Å². The predicted molar refractivity (Wildman–Crippen MR) is 100 cm³/mol. The molecular formula is C15H18Cl3N3OS. The maximum absolute atomic E-state index is 12.5. The minimum Gasteiger partial charge on any atom is -0.336 e. The number of halogens is 3. The van der Waals surface area contributed by atoms with Gasteiger partial charge in [-0.25, -0.2) is 4.98 Å². The Morgan fingerprint density at radius 3 is 2.87 bits per heavy atom. The van der Waals surface area contributed by atoms with Gasteiger partial charge in [0.25, 0.3) is 5.91 Å². The molecule has 1 aromatic heterocycles. The summed E-state index contributed by atoms with van der Waals surface area (Å²) in [4.78, 5) is 18.8. The molecule has 0 aliphatic carbocycles. The number of thiazole rings is 1. The topological polar surface area (TPSA) is 45.2 Å². The summed E-state index contributed by atoms with van der Waals surface area (Å²) in [5, 5.41) is 6.63. The average Bonchev–Trinajstić information content (AvgIpc) is 2.82. The van der Waals surface area contributed by atoms with Crippen LogP contribution in [0, 0.1) is 0 Å². The molecule has 1 aliphatic heterocycles. The maximum atomic E-state index is 12.5. The molecule has 1 amide bonds. The van der Waals surface area contributed by atoms with Crippen molar-refractivity contribution in [3.8, 4) is 10.6 Å². The average molecular weight is 395 g/mol. The zero-order valence-electron chi connectivity index (χ0n) is 12.3. The van der Waals surface area contributed by atoms with Crippen LogP contribution >= 0.6 is 47.8 Å². The lowest BCUT2D eigenvalue weighted by molar-refractivity contribution is 0.0761. The molecular weight excluding hydrogens is 377 g/mol. The highest BCUT2D eigenvalue weighted by atomic mass is 35.5. The van der Waals surface area contributed by atoms with Gasteiger partial charge in [-0.2, -0.15) is 0 Å². The van der Waals surface area contributed by atoms with E-state index in [1.54, 1.807) is 0 Å². The van der Waals surface area contributed by atoms with Crippen LogP contribution in [0.25, 0.3) is 10.6 Å². The van der Waals surface area contributed by atoms with E-state index in [0.717, 1.165) is 43.2 Å². The summed E-state index contributed by atoms with van der Waals surface area (Å²) in [6.45, 7) is 3.34. The first-order valence-corrected chi connectivity index (χ1v) is 8.21. The second kappa shape index (κ2) is 9.45. The SMILES string of the molecule is Cl.Cl.O=C(c1csc(-c2cccc(Cl)c2)n1)N1CCCNCC1. The summed E-state index contributed by atoms with van der Waals surface area (Å²) in [5.41, 5.74) is 1.47.